The maximum absolute atomic E-state index is 10.5. The summed E-state index contributed by atoms with van der Waals surface area (Å²) in [6.45, 7) is 5.41. The molecule has 0 aromatic rings. The Labute approximate surface area is 208 Å². The molecule has 0 spiro atoms. The first-order valence-corrected chi connectivity index (χ1v) is 14.8. The van der Waals surface area contributed by atoms with E-state index < -0.39 is 0 Å². The van der Waals surface area contributed by atoms with Gasteiger partial charge in [0.1, 0.15) is 0 Å². The van der Waals surface area contributed by atoms with Gasteiger partial charge in [0.15, 0.2) is 0 Å². The zero-order valence-electron chi connectivity index (χ0n) is 22.9. The quantitative estimate of drug-likeness (QED) is 0.104. The molecule has 33 heavy (non-hydrogen) atoms. The van der Waals surface area contributed by atoms with Crippen molar-refractivity contribution < 1.29 is 4.79 Å². The van der Waals surface area contributed by atoms with Gasteiger partial charge in [0.25, 0.3) is 0 Å². The summed E-state index contributed by atoms with van der Waals surface area (Å²) in [6.07, 6.45) is 35.9. The summed E-state index contributed by atoms with van der Waals surface area (Å²) in [4.78, 5) is 10.5. The van der Waals surface area contributed by atoms with Crippen LogP contribution in [0.2, 0.25) is 0 Å². The molecule has 0 saturated carbocycles. The topological polar surface area (TPSA) is 69.1 Å². The summed E-state index contributed by atoms with van der Waals surface area (Å²) in [5.41, 5.74) is 10.5. The standard InChI is InChI=1S/C18H35NO.C12H27N/c1-2-3-4-5-6-7-8-9-10-11-12-13-14-15-16-17-18(19)20;1-2-3-4-5-6-7-8-9-10-11-12-13/h9-10H,2-8,11-17H2,1H3,(H2,19,20);2-13H2,1H3/b10-9-;. The number of allylic oxidation sites excluding steroid dienone is 2. The summed E-state index contributed by atoms with van der Waals surface area (Å²) in [7, 11) is 0. The molecule has 0 atom stereocenters. The second-order valence-corrected chi connectivity index (χ2v) is 9.77. The predicted molar refractivity (Wildman–Crippen MR) is 150 cm³/mol. The summed E-state index contributed by atoms with van der Waals surface area (Å²) in [5.74, 6) is -0.164. The number of carbonyl (C=O) groups excluding carboxylic acids is 1. The van der Waals surface area contributed by atoms with Crippen LogP contribution in [0.3, 0.4) is 0 Å². The molecule has 4 N–H and O–H groups in total. The summed E-state index contributed by atoms with van der Waals surface area (Å²) >= 11 is 0. The van der Waals surface area contributed by atoms with Crippen LogP contribution in [0.25, 0.3) is 0 Å². The molecule has 3 heteroatoms. The van der Waals surface area contributed by atoms with Crippen LogP contribution >= 0.6 is 0 Å². The zero-order chi connectivity index (χ0) is 24.7. The van der Waals surface area contributed by atoms with Crippen molar-refractivity contribution in [3.63, 3.8) is 0 Å². The van der Waals surface area contributed by atoms with Crippen LogP contribution in [0.5, 0.6) is 0 Å². The van der Waals surface area contributed by atoms with Gasteiger partial charge in [-0.25, -0.2) is 0 Å². The first-order chi connectivity index (χ1) is 16.2. The highest BCUT2D eigenvalue weighted by Crippen LogP contribution is 2.11. The maximum atomic E-state index is 10.5. The fourth-order valence-electron chi connectivity index (χ4n) is 4.00. The Morgan fingerprint density at radius 2 is 0.848 bits per heavy atom. The number of hydrogen-bond donors (Lipinski definition) is 2. The number of primary amides is 1. The van der Waals surface area contributed by atoms with Gasteiger partial charge >= 0.3 is 0 Å². The number of unbranched alkanes of at least 4 members (excludes halogenated alkanes) is 20. The zero-order valence-corrected chi connectivity index (χ0v) is 22.9. The highest BCUT2D eigenvalue weighted by atomic mass is 16.1. The van der Waals surface area contributed by atoms with Crippen LogP contribution in [-0.2, 0) is 4.79 Å². The van der Waals surface area contributed by atoms with Gasteiger partial charge in [-0.2, -0.15) is 0 Å². The molecule has 0 aliphatic rings. The van der Waals surface area contributed by atoms with Gasteiger partial charge in [0.05, 0.1) is 0 Å². The van der Waals surface area contributed by atoms with Gasteiger partial charge in [-0.05, 0) is 45.1 Å². The average Bonchev–Trinajstić information content (AvgIpc) is 2.81. The van der Waals surface area contributed by atoms with E-state index in [-0.39, 0.29) is 5.91 Å². The molecule has 1 amide bonds. The van der Waals surface area contributed by atoms with E-state index in [0.29, 0.717) is 6.42 Å². The molecule has 3 nitrogen and oxygen atoms in total. The highest BCUT2D eigenvalue weighted by Gasteiger charge is 1.94. The molecule has 0 aliphatic carbocycles. The third-order valence-corrected chi connectivity index (χ3v) is 6.24. The average molecular weight is 467 g/mol. The Morgan fingerprint density at radius 1 is 0.515 bits per heavy atom. The van der Waals surface area contributed by atoms with Crippen molar-refractivity contribution in [1.82, 2.24) is 0 Å². The van der Waals surface area contributed by atoms with Crippen molar-refractivity contribution in [2.45, 2.75) is 168 Å². The molecule has 0 saturated heterocycles. The van der Waals surface area contributed by atoms with E-state index in [4.69, 9.17) is 11.5 Å². The lowest BCUT2D eigenvalue weighted by Crippen LogP contribution is -2.09. The molecule has 0 radical (unpaired) electrons. The molecule has 0 fully saturated rings. The molecule has 0 aliphatic heterocycles. The molecular weight excluding hydrogens is 404 g/mol. The normalized spacial score (nSPS) is 11.0. The minimum absolute atomic E-state index is 0.164. The number of carbonyl (C=O) groups is 1. The Morgan fingerprint density at radius 3 is 1.21 bits per heavy atom. The maximum Gasteiger partial charge on any atom is 0.217 e. The van der Waals surface area contributed by atoms with E-state index in [1.807, 2.05) is 0 Å². The van der Waals surface area contributed by atoms with Crippen molar-refractivity contribution in [3.8, 4) is 0 Å². The molecule has 0 aromatic heterocycles. The van der Waals surface area contributed by atoms with Crippen LogP contribution in [0, 0.1) is 0 Å². The van der Waals surface area contributed by atoms with Crippen molar-refractivity contribution in [3.05, 3.63) is 12.2 Å². The lowest BCUT2D eigenvalue weighted by molar-refractivity contribution is -0.118. The van der Waals surface area contributed by atoms with Gasteiger partial charge in [0, 0.05) is 6.42 Å². The van der Waals surface area contributed by atoms with E-state index >= 15 is 0 Å². The number of amides is 1. The molecule has 0 rings (SSSR count). The minimum atomic E-state index is -0.164. The second kappa shape index (κ2) is 33.3. The lowest BCUT2D eigenvalue weighted by Gasteiger charge is -2.00. The Kier molecular flexibility index (Phi) is 34.7. The lowest BCUT2D eigenvalue weighted by atomic mass is 10.1. The minimum Gasteiger partial charge on any atom is -0.370 e. The fourth-order valence-corrected chi connectivity index (χ4v) is 4.00. The Balaban J connectivity index is 0. The van der Waals surface area contributed by atoms with Crippen LogP contribution in [-0.4, -0.2) is 12.5 Å². The van der Waals surface area contributed by atoms with Crippen LogP contribution in [0.4, 0.5) is 0 Å². The first kappa shape index (κ1) is 34.3. The Hall–Kier alpha value is -0.830. The smallest absolute Gasteiger partial charge is 0.217 e. The molecule has 198 valence electrons. The van der Waals surface area contributed by atoms with Crippen LogP contribution in [0.15, 0.2) is 12.2 Å². The van der Waals surface area contributed by atoms with E-state index in [0.717, 1.165) is 19.4 Å². The molecule has 0 unspecified atom stereocenters. The monoisotopic (exact) mass is 466 g/mol. The number of nitrogens with two attached hydrogens (primary N) is 2. The molecular formula is C30H62N2O. The van der Waals surface area contributed by atoms with E-state index in [2.05, 4.69) is 26.0 Å². The fraction of sp³-hybridized carbons (Fsp3) is 0.900. The first-order valence-electron chi connectivity index (χ1n) is 14.8. The van der Waals surface area contributed by atoms with Gasteiger partial charge in [-0.3, -0.25) is 4.79 Å². The van der Waals surface area contributed by atoms with Crippen molar-refractivity contribution in [2.75, 3.05) is 6.54 Å². The molecule has 0 aromatic carbocycles. The second-order valence-electron chi connectivity index (χ2n) is 9.77. The van der Waals surface area contributed by atoms with Crippen molar-refractivity contribution >= 4 is 5.91 Å². The highest BCUT2D eigenvalue weighted by molar-refractivity contribution is 5.73. The van der Waals surface area contributed by atoms with E-state index in [1.165, 1.54) is 135 Å². The van der Waals surface area contributed by atoms with E-state index in [9.17, 15) is 4.79 Å². The van der Waals surface area contributed by atoms with E-state index in [1.54, 1.807) is 0 Å². The summed E-state index contributed by atoms with van der Waals surface area (Å²) < 4.78 is 0. The SMILES string of the molecule is CCCCCCCC/C=C\CCCCCCCC(N)=O.CCCCCCCCCCCCN. The van der Waals surface area contributed by atoms with Crippen molar-refractivity contribution in [2.24, 2.45) is 11.5 Å². The Bertz CT molecular complexity index is 371. The van der Waals surface area contributed by atoms with Crippen LogP contribution < -0.4 is 11.5 Å². The van der Waals surface area contributed by atoms with Gasteiger partial charge < -0.3 is 11.5 Å². The predicted octanol–water partition coefficient (Wildman–Crippen LogP) is 9.38. The molecule has 0 bridgehead atoms. The summed E-state index contributed by atoms with van der Waals surface area (Å²) in [5, 5.41) is 0. The van der Waals surface area contributed by atoms with Gasteiger partial charge in [0.2, 0.25) is 5.91 Å². The van der Waals surface area contributed by atoms with Gasteiger partial charge in [-0.15, -0.1) is 0 Å². The molecule has 0 heterocycles. The number of rotatable bonds is 25. The van der Waals surface area contributed by atoms with Gasteiger partial charge in [-0.1, -0.05) is 135 Å². The summed E-state index contributed by atoms with van der Waals surface area (Å²) in [6, 6.07) is 0. The van der Waals surface area contributed by atoms with Crippen LogP contribution in [0.1, 0.15) is 168 Å². The number of hydrogen-bond acceptors (Lipinski definition) is 2. The largest absolute Gasteiger partial charge is 0.370 e. The third-order valence-electron chi connectivity index (χ3n) is 6.24. The van der Waals surface area contributed by atoms with Crippen molar-refractivity contribution in [1.29, 1.82) is 0 Å². The third kappa shape index (κ3) is 38.7.